The first-order valence-corrected chi connectivity index (χ1v) is 7.58. The van der Waals surface area contributed by atoms with Gasteiger partial charge in [0.1, 0.15) is 5.02 Å². The van der Waals surface area contributed by atoms with Gasteiger partial charge in [-0.25, -0.2) is 4.68 Å². The van der Waals surface area contributed by atoms with Gasteiger partial charge in [-0.2, -0.15) is 16.4 Å². The molecule has 6 heteroatoms. The summed E-state index contributed by atoms with van der Waals surface area (Å²) < 4.78 is 1.28. The highest BCUT2D eigenvalue weighted by Crippen LogP contribution is 2.18. The van der Waals surface area contributed by atoms with Crippen LogP contribution in [-0.4, -0.2) is 15.8 Å². The van der Waals surface area contributed by atoms with E-state index in [4.69, 9.17) is 11.6 Å². The van der Waals surface area contributed by atoms with E-state index in [1.807, 2.05) is 12.3 Å². The third-order valence-corrected chi connectivity index (χ3v) is 3.91. The van der Waals surface area contributed by atoms with Crippen LogP contribution in [0.5, 0.6) is 0 Å². The summed E-state index contributed by atoms with van der Waals surface area (Å²) >= 11 is 7.76. The molecule has 0 saturated heterocycles. The van der Waals surface area contributed by atoms with E-state index in [9.17, 15) is 4.79 Å². The second-order valence-electron chi connectivity index (χ2n) is 4.53. The summed E-state index contributed by atoms with van der Waals surface area (Å²) in [4.78, 5) is 12.0. The van der Waals surface area contributed by atoms with Gasteiger partial charge in [-0.3, -0.25) is 4.79 Å². The van der Waals surface area contributed by atoms with Crippen LogP contribution in [0.3, 0.4) is 0 Å². The highest BCUT2D eigenvalue weighted by Gasteiger charge is 2.11. The highest BCUT2D eigenvalue weighted by atomic mass is 35.5. The van der Waals surface area contributed by atoms with Gasteiger partial charge in [-0.05, 0) is 35.7 Å². The largest absolute Gasteiger partial charge is 0.380 e. The summed E-state index contributed by atoms with van der Waals surface area (Å²) in [5.74, 6) is 0. The molecule has 0 aliphatic carbocycles. The molecular weight excluding hydrogens is 294 g/mol. The molecule has 4 nitrogen and oxygen atoms in total. The number of hydrogen-bond acceptors (Lipinski definition) is 4. The van der Waals surface area contributed by atoms with Crippen LogP contribution in [0.25, 0.3) is 0 Å². The maximum absolute atomic E-state index is 12.0. The van der Waals surface area contributed by atoms with Crippen molar-refractivity contribution in [3.8, 4) is 0 Å². The van der Waals surface area contributed by atoms with Crippen molar-refractivity contribution in [2.45, 2.75) is 25.9 Å². The molecule has 2 aromatic rings. The van der Waals surface area contributed by atoms with E-state index in [0.717, 1.165) is 6.42 Å². The van der Waals surface area contributed by atoms with Gasteiger partial charge in [0, 0.05) is 6.04 Å². The molecular formula is C14H16ClN3OS. The number of nitrogens with zero attached hydrogens (tertiary/aromatic N) is 2. The van der Waals surface area contributed by atoms with E-state index in [1.54, 1.807) is 23.6 Å². The van der Waals surface area contributed by atoms with E-state index in [0.29, 0.717) is 12.2 Å². The van der Waals surface area contributed by atoms with Crippen molar-refractivity contribution in [2.24, 2.45) is 0 Å². The average Bonchev–Trinajstić information content (AvgIpc) is 2.91. The second-order valence-corrected chi connectivity index (χ2v) is 5.69. The third kappa shape index (κ3) is 3.49. The molecule has 1 unspecified atom stereocenters. The molecule has 0 saturated carbocycles. The maximum atomic E-state index is 12.0. The lowest BCUT2D eigenvalue weighted by Crippen LogP contribution is -2.26. The summed E-state index contributed by atoms with van der Waals surface area (Å²) in [6, 6.07) is 2.25. The molecule has 0 fully saturated rings. The zero-order valence-electron chi connectivity index (χ0n) is 11.2. The molecule has 0 aromatic carbocycles. The molecule has 0 spiro atoms. The van der Waals surface area contributed by atoms with Crippen LogP contribution >= 0.6 is 22.9 Å². The van der Waals surface area contributed by atoms with Crippen molar-refractivity contribution in [2.75, 3.05) is 5.32 Å². The SMILES string of the molecule is C=CCn1ncc(NC(C)Cc2ccsc2)c(Cl)c1=O. The summed E-state index contributed by atoms with van der Waals surface area (Å²) in [5, 5.41) is 11.6. The first-order valence-electron chi connectivity index (χ1n) is 6.26. The summed E-state index contributed by atoms with van der Waals surface area (Å²) in [5.41, 5.74) is 1.53. The number of anilines is 1. The predicted octanol–water partition coefficient (Wildman–Crippen LogP) is 3.19. The zero-order chi connectivity index (χ0) is 14.5. The zero-order valence-corrected chi connectivity index (χ0v) is 12.7. The van der Waals surface area contributed by atoms with Crippen molar-refractivity contribution in [3.05, 3.63) is 56.6 Å². The van der Waals surface area contributed by atoms with E-state index in [1.165, 1.54) is 10.2 Å². The molecule has 1 N–H and O–H groups in total. The van der Waals surface area contributed by atoms with Crippen LogP contribution in [-0.2, 0) is 13.0 Å². The van der Waals surface area contributed by atoms with Crippen LogP contribution in [0.4, 0.5) is 5.69 Å². The van der Waals surface area contributed by atoms with Crippen molar-refractivity contribution >= 4 is 28.6 Å². The fourth-order valence-corrected chi connectivity index (χ4v) is 2.78. The summed E-state index contributed by atoms with van der Waals surface area (Å²) in [6.07, 6.45) is 4.06. The molecule has 106 valence electrons. The number of aromatic nitrogens is 2. The number of halogens is 1. The minimum absolute atomic E-state index is 0.165. The first-order chi connectivity index (χ1) is 9.61. The molecule has 2 aromatic heterocycles. The average molecular weight is 310 g/mol. The second kappa shape index (κ2) is 6.72. The van der Waals surface area contributed by atoms with Gasteiger partial charge in [-0.15, -0.1) is 6.58 Å². The van der Waals surface area contributed by atoms with Crippen LogP contribution in [0.2, 0.25) is 5.02 Å². The monoisotopic (exact) mass is 309 g/mol. The molecule has 0 amide bonds. The lowest BCUT2D eigenvalue weighted by Gasteiger charge is -2.15. The van der Waals surface area contributed by atoms with Crippen molar-refractivity contribution in [1.29, 1.82) is 0 Å². The van der Waals surface area contributed by atoms with E-state index >= 15 is 0 Å². The molecule has 0 aliphatic heterocycles. The van der Waals surface area contributed by atoms with Crippen molar-refractivity contribution in [3.63, 3.8) is 0 Å². The van der Waals surface area contributed by atoms with Gasteiger partial charge in [0.05, 0.1) is 18.4 Å². The molecule has 0 aliphatic rings. The fraction of sp³-hybridized carbons (Fsp3) is 0.286. The summed E-state index contributed by atoms with van der Waals surface area (Å²) in [6.45, 7) is 5.98. The third-order valence-electron chi connectivity index (χ3n) is 2.81. The smallest absolute Gasteiger partial charge is 0.287 e. The summed E-state index contributed by atoms with van der Waals surface area (Å²) in [7, 11) is 0. The quantitative estimate of drug-likeness (QED) is 0.834. The Kier molecular flexibility index (Phi) is 4.98. The minimum atomic E-state index is -0.306. The Morgan fingerprint density at radius 1 is 1.65 bits per heavy atom. The standard InChI is InChI=1S/C14H16ClN3OS/c1-3-5-18-14(19)13(15)12(8-16-18)17-10(2)7-11-4-6-20-9-11/h3-4,6,8-10,17H,1,5,7H2,2H3. The Morgan fingerprint density at radius 2 is 2.45 bits per heavy atom. The lowest BCUT2D eigenvalue weighted by molar-refractivity contribution is 0.651. The Labute approximate surface area is 126 Å². The normalized spacial score (nSPS) is 12.1. The number of allylic oxidation sites excluding steroid dienone is 1. The number of nitrogens with one attached hydrogen (secondary N) is 1. The molecule has 2 heterocycles. The Bertz CT molecular complexity index is 636. The van der Waals surface area contributed by atoms with E-state index < -0.39 is 0 Å². The van der Waals surface area contributed by atoms with Crippen molar-refractivity contribution < 1.29 is 0 Å². The van der Waals surface area contributed by atoms with Gasteiger partial charge in [0.25, 0.3) is 5.56 Å². The van der Waals surface area contributed by atoms with Gasteiger partial charge < -0.3 is 5.32 Å². The number of thiophene rings is 1. The van der Waals surface area contributed by atoms with E-state index in [2.05, 4.69) is 28.4 Å². The minimum Gasteiger partial charge on any atom is -0.380 e. The van der Waals surface area contributed by atoms with E-state index in [-0.39, 0.29) is 16.6 Å². The topological polar surface area (TPSA) is 46.9 Å². The molecule has 1 atom stereocenters. The molecule has 20 heavy (non-hydrogen) atoms. The Morgan fingerprint density at radius 3 is 3.10 bits per heavy atom. The van der Waals surface area contributed by atoms with Crippen LogP contribution in [0, 0.1) is 0 Å². The van der Waals surface area contributed by atoms with Gasteiger partial charge in [0.15, 0.2) is 0 Å². The maximum Gasteiger partial charge on any atom is 0.287 e. The predicted molar refractivity (Wildman–Crippen MR) is 84.8 cm³/mol. The molecule has 2 rings (SSSR count). The van der Waals surface area contributed by atoms with Gasteiger partial charge >= 0.3 is 0 Å². The highest BCUT2D eigenvalue weighted by molar-refractivity contribution is 7.07. The number of hydrogen-bond donors (Lipinski definition) is 1. The molecule has 0 radical (unpaired) electrons. The Hall–Kier alpha value is -1.59. The van der Waals surface area contributed by atoms with Crippen LogP contribution in [0.15, 0.2) is 40.5 Å². The lowest BCUT2D eigenvalue weighted by atomic mass is 10.1. The Balaban J connectivity index is 2.11. The van der Waals surface area contributed by atoms with Crippen LogP contribution in [0.1, 0.15) is 12.5 Å². The first kappa shape index (κ1) is 14.8. The van der Waals surface area contributed by atoms with Gasteiger partial charge in [-0.1, -0.05) is 17.7 Å². The number of rotatable bonds is 6. The molecule has 0 bridgehead atoms. The van der Waals surface area contributed by atoms with Crippen molar-refractivity contribution in [1.82, 2.24) is 9.78 Å². The van der Waals surface area contributed by atoms with Crippen LogP contribution < -0.4 is 10.9 Å². The van der Waals surface area contributed by atoms with Gasteiger partial charge in [0.2, 0.25) is 0 Å². The fourth-order valence-electron chi connectivity index (χ4n) is 1.90.